The molecule has 0 atom stereocenters. The average Bonchev–Trinajstić information content (AvgIpc) is 3.26. The molecule has 0 aliphatic rings. The van der Waals surface area contributed by atoms with E-state index in [2.05, 4.69) is 15.0 Å². The second kappa shape index (κ2) is 7.87. The van der Waals surface area contributed by atoms with E-state index >= 15 is 0 Å². The van der Waals surface area contributed by atoms with Crippen LogP contribution in [0.2, 0.25) is 5.02 Å². The van der Waals surface area contributed by atoms with Gasteiger partial charge in [0.2, 0.25) is 0 Å². The van der Waals surface area contributed by atoms with Gasteiger partial charge in [-0.3, -0.25) is 9.78 Å². The van der Waals surface area contributed by atoms with Gasteiger partial charge in [-0.1, -0.05) is 11.6 Å². The third kappa shape index (κ3) is 3.91. The molecule has 0 saturated heterocycles. The largest absolute Gasteiger partial charge is 0.481 e. The second-order valence-corrected chi connectivity index (χ2v) is 7.71. The van der Waals surface area contributed by atoms with Gasteiger partial charge in [-0.25, -0.2) is 14.4 Å². The van der Waals surface area contributed by atoms with E-state index in [4.69, 9.17) is 16.7 Å². The van der Waals surface area contributed by atoms with Crippen LogP contribution in [-0.2, 0) is 17.8 Å². The third-order valence-corrected chi connectivity index (χ3v) is 4.98. The fourth-order valence-corrected chi connectivity index (χ4v) is 3.55. The van der Waals surface area contributed by atoms with Crippen molar-refractivity contribution in [3.8, 4) is 11.4 Å². The SMILES string of the molecule is CC(C)n1c(-c2ccc(Cn3cnc(CC(=O)O)c3)nc2)nc2cc(Cl)c(F)cc21. The number of pyridine rings is 1. The van der Waals surface area contributed by atoms with Crippen LogP contribution in [0, 0.1) is 5.82 Å². The zero-order valence-corrected chi connectivity index (χ0v) is 17.1. The van der Waals surface area contributed by atoms with Gasteiger partial charge in [-0.2, -0.15) is 0 Å². The molecule has 0 aliphatic heterocycles. The number of carboxylic acid groups (broad SMARTS) is 1. The highest BCUT2D eigenvalue weighted by molar-refractivity contribution is 6.31. The monoisotopic (exact) mass is 427 g/mol. The van der Waals surface area contributed by atoms with Gasteiger partial charge in [-0.05, 0) is 32.0 Å². The van der Waals surface area contributed by atoms with Crippen LogP contribution in [0.3, 0.4) is 0 Å². The minimum absolute atomic E-state index is 0.0403. The zero-order valence-electron chi connectivity index (χ0n) is 16.4. The lowest BCUT2D eigenvalue weighted by Crippen LogP contribution is -2.04. The minimum atomic E-state index is -0.920. The van der Waals surface area contributed by atoms with E-state index in [1.807, 2.05) is 30.5 Å². The summed E-state index contributed by atoms with van der Waals surface area (Å²) in [5.74, 6) is -0.711. The Morgan fingerprint density at radius 2 is 2.03 bits per heavy atom. The van der Waals surface area contributed by atoms with Crippen LogP contribution in [0.15, 0.2) is 43.0 Å². The van der Waals surface area contributed by atoms with Crippen molar-refractivity contribution < 1.29 is 14.3 Å². The summed E-state index contributed by atoms with van der Waals surface area (Å²) in [4.78, 5) is 24.0. The molecule has 4 aromatic rings. The highest BCUT2D eigenvalue weighted by atomic mass is 35.5. The number of imidazole rings is 2. The van der Waals surface area contributed by atoms with Gasteiger partial charge in [0.1, 0.15) is 11.6 Å². The lowest BCUT2D eigenvalue weighted by atomic mass is 10.2. The second-order valence-electron chi connectivity index (χ2n) is 7.30. The summed E-state index contributed by atoms with van der Waals surface area (Å²) in [6.45, 7) is 4.48. The van der Waals surface area contributed by atoms with Gasteiger partial charge in [-0.15, -0.1) is 0 Å². The number of hydrogen-bond donors (Lipinski definition) is 1. The van der Waals surface area contributed by atoms with E-state index in [0.717, 1.165) is 11.3 Å². The van der Waals surface area contributed by atoms with Crippen molar-refractivity contribution in [2.24, 2.45) is 0 Å². The Labute approximate surface area is 176 Å². The van der Waals surface area contributed by atoms with E-state index in [1.54, 1.807) is 23.3 Å². The maximum Gasteiger partial charge on any atom is 0.309 e. The molecular weight excluding hydrogens is 409 g/mol. The molecule has 9 heteroatoms. The predicted octanol–water partition coefficient (Wildman–Crippen LogP) is 4.34. The van der Waals surface area contributed by atoms with Crippen LogP contribution in [0.1, 0.15) is 31.3 Å². The number of nitrogens with zero attached hydrogens (tertiary/aromatic N) is 5. The number of fused-ring (bicyclic) bond motifs is 1. The molecule has 3 heterocycles. The zero-order chi connectivity index (χ0) is 21.4. The number of hydrogen-bond acceptors (Lipinski definition) is 4. The Hall–Kier alpha value is -3.26. The van der Waals surface area contributed by atoms with Gasteiger partial charge in [0, 0.05) is 30.1 Å². The Bertz CT molecular complexity index is 1230. The van der Waals surface area contributed by atoms with Crippen LogP contribution in [0.25, 0.3) is 22.4 Å². The van der Waals surface area contributed by atoms with Crippen LogP contribution in [0.5, 0.6) is 0 Å². The van der Waals surface area contributed by atoms with Crippen molar-refractivity contribution in [3.63, 3.8) is 0 Å². The smallest absolute Gasteiger partial charge is 0.309 e. The Morgan fingerprint density at radius 1 is 1.23 bits per heavy atom. The summed E-state index contributed by atoms with van der Waals surface area (Å²) in [7, 11) is 0. The first-order valence-electron chi connectivity index (χ1n) is 9.36. The molecule has 30 heavy (non-hydrogen) atoms. The maximum atomic E-state index is 14.0. The lowest BCUT2D eigenvalue weighted by molar-refractivity contribution is -0.136. The molecule has 1 N–H and O–H groups in total. The molecule has 0 bridgehead atoms. The lowest BCUT2D eigenvalue weighted by Gasteiger charge is -2.13. The van der Waals surface area contributed by atoms with Crippen molar-refractivity contribution in [3.05, 3.63) is 65.2 Å². The van der Waals surface area contributed by atoms with E-state index in [-0.39, 0.29) is 17.5 Å². The van der Waals surface area contributed by atoms with E-state index in [0.29, 0.717) is 29.1 Å². The number of benzene rings is 1. The number of carboxylic acids is 1. The average molecular weight is 428 g/mol. The number of carbonyl (C=O) groups is 1. The highest BCUT2D eigenvalue weighted by Gasteiger charge is 2.17. The molecule has 0 unspecified atom stereocenters. The van der Waals surface area contributed by atoms with E-state index in [1.165, 1.54) is 12.1 Å². The topological polar surface area (TPSA) is 85.8 Å². The first-order valence-corrected chi connectivity index (χ1v) is 9.74. The molecule has 0 aliphatic carbocycles. The van der Waals surface area contributed by atoms with Gasteiger partial charge < -0.3 is 14.2 Å². The standard InChI is InChI=1S/C21H19ClFN5O2/c1-12(2)28-19-7-17(23)16(22)6-18(19)26-21(28)13-3-4-14(24-8-13)9-27-10-15(25-11-27)5-20(29)30/h3-4,6-8,10-12H,5,9H2,1-2H3,(H,29,30). The first-order chi connectivity index (χ1) is 14.3. The Balaban J connectivity index is 1.64. The molecule has 1 aromatic carbocycles. The molecular formula is C21H19ClFN5O2. The Morgan fingerprint density at radius 3 is 2.70 bits per heavy atom. The third-order valence-electron chi connectivity index (χ3n) is 4.69. The fraction of sp³-hybridized carbons (Fsp3) is 0.238. The summed E-state index contributed by atoms with van der Waals surface area (Å²) in [6.07, 6.45) is 4.89. The van der Waals surface area contributed by atoms with E-state index < -0.39 is 11.8 Å². The summed E-state index contributed by atoms with van der Waals surface area (Å²) in [5, 5.41) is 8.89. The van der Waals surface area contributed by atoms with Crippen molar-refractivity contribution >= 4 is 28.6 Å². The minimum Gasteiger partial charge on any atom is -0.481 e. The molecule has 0 saturated carbocycles. The van der Waals surface area contributed by atoms with Crippen molar-refractivity contribution in [2.45, 2.75) is 32.9 Å². The van der Waals surface area contributed by atoms with Crippen molar-refractivity contribution in [1.29, 1.82) is 0 Å². The van der Waals surface area contributed by atoms with Crippen LogP contribution < -0.4 is 0 Å². The quantitative estimate of drug-likeness (QED) is 0.494. The molecule has 7 nitrogen and oxygen atoms in total. The molecule has 4 rings (SSSR count). The van der Waals surface area contributed by atoms with Gasteiger partial charge >= 0.3 is 5.97 Å². The number of rotatable bonds is 6. The van der Waals surface area contributed by atoms with Gasteiger partial charge in [0.15, 0.2) is 0 Å². The molecule has 0 spiro atoms. The van der Waals surface area contributed by atoms with Gasteiger partial charge in [0.05, 0.1) is 46.7 Å². The number of halogens is 2. The fourth-order valence-electron chi connectivity index (χ4n) is 3.39. The Kier molecular flexibility index (Phi) is 5.26. The molecule has 3 aromatic heterocycles. The highest BCUT2D eigenvalue weighted by Crippen LogP contribution is 2.31. The number of aliphatic carboxylic acids is 1. The summed E-state index contributed by atoms with van der Waals surface area (Å²) in [5.41, 5.74) is 3.39. The molecule has 154 valence electrons. The summed E-state index contributed by atoms with van der Waals surface area (Å²) < 4.78 is 17.8. The van der Waals surface area contributed by atoms with E-state index in [9.17, 15) is 9.18 Å². The summed E-state index contributed by atoms with van der Waals surface area (Å²) in [6, 6.07) is 6.79. The van der Waals surface area contributed by atoms with Crippen LogP contribution >= 0.6 is 11.6 Å². The van der Waals surface area contributed by atoms with Crippen molar-refractivity contribution in [1.82, 2.24) is 24.1 Å². The molecule has 0 fully saturated rings. The normalized spacial score (nSPS) is 11.5. The summed E-state index contributed by atoms with van der Waals surface area (Å²) >= 11 is 5.93. The predicted molar refractivity (Wildman–Crippen MR) is 111 cm³/mol. The first kappa shape index (κ1) is 20.0. The van der Waals surface area contributed by atoms with Crippen LogP contribution in [-0.4, -0.2) is 35.2 Å². The van der Waals surface area contributed by atoms with Gasteiger partial charge in [0.25, 0.3) is 0 Å². The van der Waals surface area contributed by atoms with Crippen molar-refractivity contribution in [2.75, 3.05) is 0 Å². The maximum absolute atomic E-state index is 14.0. The molecule has 0 amide bonds. The van der Waals surface area contributed by atoms with Crippen LogP contribution in [0.4, 0.5) is 4.39 Å². The number of aromatic nitrogens is 5. The molecule has 0 radical (unpaired) electrons.